The Morgan fingerprint density at radius 3 is 2.76 bits per heavy atom. The zero-order chi connectivity index (χ0) is 14.9. The van der Waals surface area contributed by atoms with E-state index in [2.05, 4.69) is 10.6 Å². The molecule has 0 aromatic heterocycles. The fourth-order valence-electron chi connectivity index (χ4n) is 2.33. The van der Waals surface area contributed by atoms with Gasteiger partial charge >= 0.3 is 0 Å². The number of amides is 1. The average Bonchev–Trinajstić information content (AvgIpc) is 2.55. The number of carbonyl (C=O) groups excluding carboxylic acids is 1. The van der Waals surface area contributed by atoms with Crippen molar-refractivity contribution in [2.75, 3.05) is 26.9 Å². The molecule has 0 saturated carbocycles. The third kappa shape index (κ3) is 5.36. The highest BCUT2D eigenvalue weighted by Gasteiger charge is 2.19. The van der Waals surface area contributed by atoms with Gasteiger partial charge in [0.15, 0.2) is 0 Å². The third-order valence-electron chi connectivity index (χ3n) is 3.57. The summed E-state index contributed by atoms with van der Waals surface area (Å²) >= 11 is 0. The van der Waals surface area contributed by atoms with Crippen LogP contribution in [0.15, 0.2) is 24.3 Å². The molecule has 1 aliphatic heterocycles. The quantitative estimate of drug-likeness (QED) is 0.747. The summed E-state index contributed by atoms with van der Waals surface area (Å²) in [5, 5.41) is 6.23. The van der Waals surface area contributed by atoms with Crippen LogP contribution in [0.5, 0.6) is 5.75 Å². The summed E-state index contributed by atoms with van der Waals surface area (Å²) in [7, 11) is 1.65. The highest BCUT2D eigenvalue weighted by Crippen LogP contribution is 2.12. The van der Waals surface area contributed by atoms with Crippen LogP contribution in [-0.4, -0.2) is 38.8 Å². The van der Waals surface area contributed by atoms with Crippen molar-refractivity contribution in [1.29, 1.82) is 0 Å². The van der Waals surface area contributed by atoms with Crippen molar-refractivity contribution in [1.82, 2.24) is 10.6 Å². The van der Waals surface area contributed by atoms with Gasteiger partial charge < -0.3 is 20.1 Å². The second-order valence-electron chi connectivity index (χ2n) is 5.21. The van der Waals surface area contributed by atoms with Gasteiger partial charge in [-0.05, 0) is 37.1 Å². The van der Waals surface area contributed by atoms with Crippen molar-refractivity contribution in [2.45, 2.75) is 31.8 Å². The Kier molecular flexibility index (Phi) is 6.50. The van der Waals surface area contributed by atoms with Gasteiger partial charge in [0.1, 0.15) is 12.4 Å². The molecule has 0 bridgehead atoms. The molecular weight excluding hydrogens is 268 g/mol. The molecule has 2 N–H and O–H groups in total. The normalized spacial score (nSPS) is 18.2. The van der Waals surface area contributed by atoms with Crippen LogP contribution in [0.1, 0.15) is 24.8 Å². The number of hydrogen-bond acceptors (Lipinski definition) is 4. The Balaban J connectivity index is 1.73. The first kappa shape index (κ1) is 15.8. The van der Waals surface area contributed by atoms with E-state index in [1.807, 2.05) is 24.3 Å². The molecule has 1 aliphatic rings. The fourth-order valence-corrected chi connectivity index (χ4v) is 2.33. The minimum Gasteiger partial charge on any atom is -0.491 e. The molecule has 0 spiro atoms. The van der Waals surface area contributed by atoms with E-state index in [4.69, 9.17) is 9.47 Å². The highest BCUT2D eigenvalue weighted by atomic mass is 16.5. The van der Waals surface area contributed by atoms with Gasteiger partial charge in [-0.3, -0.25) is 4.79 Å². The number of benzene rings is 1. The monoisotopic (exact) mass is 292 g/mol. The van der Waals surface area contributed by atoms with Gasteiger partial charge in [0.25, 0.3) is 0 Å². The highest BCUT2D eigenvalue weighted by molar-refractivity contribution is 5.81. The predicted molar refractivity (Wildman–Crippen MR) is 81.3 cm³/mol. The van der Waals surface area contributed by atoms with Crippen LogP contribution in [0.2, 0.25) is 0 Å². The minimum atomic E-state index is -0.0320. The molecule has 1 atom stereocenters. The Bertz CT molecular complexity index is 428. The zero-order valence-electron chi connectivity index (χ0n) is 12.6. The third-order valence-corrected chi connectivity index (χ3v) is 3.57. The smallest absolute Gasteiger partial charge is 0.237 e. The van der Waals surface area contributed by atoms with Gasteiger partial charge in [-0.15, -0.1) is 0 Å². The first-order valence-corrected chi connectivity index (χ1v) is 7.51. The first-order chi connectivity index (χ1) is 10.3. The maximum absolute atomic E-state index is 12.0. The summed E-state index contributed by atoms with van der Waals surface area (Å²) in [6.07, 6.45) is 3.21. The molecule has 116 valence electrons. The average molecular weight is 292 g/mol. The number of rotatable bonds is 7. The lowest BCUT2D eigenvalue weighted by Gasteiger charge is -2.22. The minimum absolute atomic E-state index is 0.0320. The Hall–Kier alpha value is -1.59. The van der Waals surface area contributed by atoms with E-state index in [0.29, 0.717) is 19.8 Å². The van der Waals surface area contributed by atoms with Gasteiger partial charge in [0, 0.05) is 13.7 Å². The maximum atomic E-state index is 12.0. The molecule has 1 fully saturated rings. The van der Waals surface area contributed by atoms with Crippen LogP contribution in [0.25, 0.3) is 0 Å². The number of methoxy groups -OCH3 is 1. The second-order valence-corrected chi connectivity index (χ2v) is 5.21. The van der Waals surface area contributed by atoms with E-state index in [-0.39, 0.29) is 11.9 Å². The lowest BCUT2D eigenvalue weighted by Crippen LogP contribution is -2.46. The Morgan fingerprint density at radius 1 is 1.29 bits per heavy atom. The van der Waals surface area contributed by atoms with E-state index in [1.54, 1.807) is 7.11 Å². The van der Waals surface area contributed by atoms with E-state index >= 15 is 0 Å². The van der Waals surface area contributed by atoms with Gasteiger partial charge in [0.2, 0.25) is 5.91 Å². The summed E-state index contributed by atoms with van der Waals surface area (Å²) in [5.41, 5.74) is 1.07. The standard InChI is InChI=1S/C16H24N2O3/c1-20-10-11-21-14-7-5-13(6-8-14)12-18-16(19)15-4-2-3-9-17-15/h5-8,15,17H,2-4,9-12H2,1H3,(H,18,19). The van der Waals surface area contributed by atoms with Crippen LogP contribution in [0.4, 0.5) is 0 Å². The lowest BCUT2D eigenvalue weighted by molar-refractivity contribution is -0.123. The van der Waals surface area contributed by atoms with Gasteiger partial charge in [-0.2, -0.15) is 0 Å². The largest absolute Gasteiger partial charge is 0.491 e. The summed E-state index contributed by atoms with van der Waals surface area (Å²) < 4.78 is 10.4. The molecule has 5 nitrogen and oxygen atoms in total. The van der Waals surface area contributed by atoms with Crippen molar-refractivity contribution in [2.24, 2.45) is 0 Å². The molecule has 21 heavy (non-hydrogen) atoms. The van der Waals surface area contributed by atoms with E-state index < -0.39 is 0 Å². The van der Waals surface area contributed by atoms with Crippen LogP contribution in [0, 0.1) is 0 Å². The van der Waals surface area contributed by atoms with Gasteiger partial charge in [-0.25, -0.2) is 0 Å². The Morgan fingerprint density at radius 2 is 2.10 bits per heavy atom. The zero-order valence-corrected chi connectivity index (χ0v) is 12.6. The summed E-state index contributed by atoms with van der Waals surface area (Å²) in [5.74, 6) is 0.909. The van der Waals surface area contributed by atoms with Crippen molar-refractivity contribution in [3.63, 3.8) is 0 Å². The Labute approximate surface area is 126 Å². The molecule has 0 aliphatic carbocycles. The molecule has 1 unspecified atom stereocenters. The number of ether oxygens (including phenoxy) is 2. The topological polar surface area (TPSA) is 59.6 Å². The number of hydrogen-bond donors (Lipinski definition) is 2. The van der Waals surface area contributed by atoms with E-state index in [1.165, 1.54) is 0 Å². The molecule has 1 amide bonds. The van der Waals surface area contributed by atoms with Crippen molar-refractivity contribution in [3.8, 4) is 5.75 Å². The molecule has 1 aromatic carbocycles. The molecule has 1 saturated heterocycles. The molecule has 1 aromatic rings. The second kappa shape index (κ2) is 8.64. The molecule has 0 radical (unpaired) electrons. The fraction of sp³-hybridized carbons (Fsp3) is 0.562. The number of nitrogens with one attached hydrogen (secondary N) is 2. The SMILES string of the molecule is COCCOc1ccc(CNC(=O)C2CCCCN2)cc1. The molecule has 5 heteroatoms. The molecule has 1 heterocycles. The van der Waals surface area contributed by atoms with E-state index in [0.717, 1.165) is 37.1 Å². The summed E-state index contributed by atoms with van der Waals surface area (Å²) in [4.78, 5) is 12.0. The van der Waals surface area contributed by atoms with Crippen molar-refractivity contribution in [3.05, 3.63) is 29.8 Å². The summed E-state index contributed by atoms with van der Waals surface area (Å²) in [6, 6.07) is 7.73. The molecular formula is C16H24N2O3. The van der Waals surface area contributed by atoms with Gasteiger partial charge in [0.05, 0.1) is 12.6 Å². The van der Waals surface area contributed by atoms with Crippen molar-refractivity contribution < 1.29 is 14.3 Å². The van der Waals surface area contributed by atoms with Crippen LogP contribution >= 0.6 is 0 Å². The summed E-state index contributed by atoms with van der Waals surface area (Å²) in [6.45, 7) is 2.60. The number of carbonyl (C=O) groups is 1. The lowest BCUT2D eigenvalue weighted by atomic mass is 10.0. The van der Waals surface area contributed by atoms with Crippen molar-refractivity contribution >= 4 is 5.91 Å². The first-order valence-electron chi connectivity index (χ1n) is 7.51. The van der Waals surface area contributed by atoms with Crippen LogP contribution in [0.3, 0.4) is 0 Å². The maximum Gasteiger partial charge on any atom is 0.237 e. The predicted octanol–water partition coefficient (Wildman–Crippen LogP) is 1.47. The van der Waals surface area contributed by atoms with E-state index in [9.17, 15) is 4.79 Å². The molecule has 2 rings (SSSR count). The van der Waals surface area contributed by atoms with Crippen LogP contribution in [-0.2, 0) is 16.1 Å². The van der Waals surface area contributed by atoms with Crippen LogP contribution < -0.4 is 15.4 Å². The van der Waals surface area contributed by atoms with Gasteiger partial charge in [-0.1, -0.05) is 18.6 Å². The number of piperidine rings is 1.